The molecule has 0 aliphatic heterocycles. The molecule has 0 aliphatic rings. The van der Waals surface area contributed by atoms with Crippen LogP contribution in [0.25, 0.3) is 16.9 Å². The smallest absolute Gasteiger partial charge is 0.115 e. The highest BCUT2D eigenvalue weighted by atomic mass is 16.3. The van der Waals surface area contributed by atoms with Crippen molar-refractivity contribution in [3.8, 4) is 22.7 Å². The Kier molecular flexibility index (Phi) is 5.60. The van der Waals surface area contributed by atoms with E-state index in [0.717, 1.165) is 17.7 Å². The molecule has 2 heteroatoms. The first kappa shape index (κ1) is 17.3. The summed E-state index contributed by atoms with van der Waals surface area (Å²) in [7, 11) is 0. The summed E-state index contributed by atoms with van der Waals surface area (Å²) in [4.78, 5) is 0. The Morgan fingerprint density at radius 3 is 2.20 bits per heavy atom. The summed E-state index contributed by atoms with van der Waals surface area (Å²) in [5.41, 5.74) is 6.06. The van der Waals surface area contributed by atoms with Crippen LogP contribution in [0.15, 0.2) is 60.7 Å². The topological polar surface area (TPSA) is 25.2 Å². The van der Waals surface area contributed by atoms with Crippen molar-refractivity contribution in [2.75, 3.05) is 0 Å². The van der Waals surface area contributed by atoms with Crippen LogP contribution in [0.4, 0.5) is 0 Å². The molecule has 0 saturated heterocycles. The van der Waals surface area contributed by atoms with E-state index in [1.165, 1.54) is 42.6 Å². The first-order valence-corrected chi connectivity index (χ1v) is 9.26. The van der Waals surface area contributed by atoms with Crippen LogP contribution in [-0.4, -0.2) is 9.67 Å². The molecule has 1 N–H and O–H groups in total. The summed E-state index contributed by atoms with van der Waals surface area (Å²) in [5, 5.41) is 9.52. The summed E-state index contributed by atoms with van der Waals surface area (Å²) in [6.45, 7) is 4.38. The zero-order valence-electron chi connectivity index (χ0n) is 15.2. The molecule has 130 valence electrons. The SMILES string of the molecule is CCCCCCc1ccc(-n2c(C)ccc2-c2ccc(O)cc2)cc1. The van der Waals surface area contributed by atoms with Gasteiger partial charge in [-0.25, -0.2) is 0 Å². The molecule has 0 atom stereocenters. The molecular weight excluding hydrogens is 306 g/mol. The number of nitrogens with zero attached hydrogens (tertiary/aromatic N) is 1. The largest absolute Gasteiger partial charge is 0.508 e. The van der Waals surface area contributed by atoms with E-state index in [1.54, 1.807) is 12.1 Å². The molecule has 3 rings (SSSR count). The van der Waals surface area contributed by atoms with Gasteiger partial charge in [-0.3, -0.25) is 0 Å². The fraction of sp³-hybridized carbons (Fsp3) is 0.304. The zero-order chi connectivity index (χ0) is 17.6. The van der Waals surface area contributed by atoms with E-state index in [2.05, 4.69) is 54.8 Å². The lowest BCUT2D eigenvalue weighted by Crippen LogP contribution is -1.99. The maximum Gasteiger partial charge on any atom is 0.115 e. The van der Waals surface area contributed by atoms with Gasteiger partial charge >= 0.3 is 0 Å². The number of phenolic OH excluding ortho intramolecular Hbond substituents is 1. The number of hydrogen-bond donors (Lipinski definition) is 1. The maximum absolute atomic E-state index is 9.52. The summed E-state index contributed by atoms with van der Waals surface area (Å²) < 4.78 is 2.27. The van der Waals surface area contributed by atoms with Gasteiger partial charge in [0.2, 0.25) is 0 Å². The van der Waals surface area contributed by atoms with Gasteiger partial charge in [0.15, 0.2) is 0 Å². The van der Waals surface area contributed by atoms with Crippen molar-refractivity contribution in [1.29, 1.82) is 0 Å². The van der Waals surface area contributed by atoms with Crippen LogP contribution in [0, 0.1) is 6.92 Å². The number of hydrogen-bond acceptors (Lipinski definition) is 1. The van der Waals surface area contributed by atoms with Crippen LogP contribution in [-0.2, 0) is 6.42 Å². The minimum atomic E-state index is 0.297. The van der Waals surface area contributed by atoms with Crippen molar-refractivity contribution in [3.63, 3.8) is 0 Å². The number of unbranched alkanes of at least 4 members (excludes halogenated alkanes) is 3. The fourth-order valence-electron chi connectivity index (χ4n) is 3.31. The number of rotatable bonds is 7. The van der Waals surface area contributed by atoms with Gasteiger partial charge in [0, 0.05) is 11.4 Å². The van der Waals surface area contributed by atoms with Crippen molar-refractivity contribution < 1.29 is 5.11 Å². The summed E-state index contributed by atoms with van der Waals surface area (Å²) in [5.74, 6) is 0.297. The van der Waals surface area contributed by atoms with Crippen molar-refractivity contribution >= 4 is 0 Å². The molecule has 25 heavy (non-hydrogen) atoms. The van der Waals surface area contributed by atoms with Crippen LogP contribution >= 0.6 is 0 Å². The van der Waals surface area contributed by atoms with E-state index in [4.69, 9.17) is 0 Å². The van der Waals surface area contributed by atoms with Crippen LogP contribution in [0.2, 0.25) is 0 Å². The third-order valence-corrected chi connectivity index (χ3v) is 4.75. The normalized spacial score (nSPS) is 11.0. The van der Waals surface area contributed by atoms with Crippen LogP contribution in [0.1, 0.15) is 43.9 Å². The zero-order valence-corrected chi connectivity index (χ0v) is 15.2. The number of aryl methyl sites for hydroxylation is 2. The van der Waals surface area contributed by atoms with Gasteiger partial charge in [-0.15, -0.1) is 0 Å². The Morgan fingerprint density at radius 1 is 0.800 bits per heavy atom. The molecule has 3 aromatic rings. The standard InChI is InChI=1S/C23H27NO/c1-3-4-5-6-7-19-9-13-21(14-10-19)24-18(2)8-17-23(24)20-11-15-22(25)16-12-20/h8-17,25H,3-7H2,1-2H3. The molecule has 1 aromatic heterocycles. The Bertz CT molecular complexity index is 797. The van der Waals surface area contributed by atoms with Gasteiger partial charge in [-0.2, -0.15) is 0 Å². The van der Waals surface area contributed by atoms with Crippen molar-refractivity contribution in [2.24, 2.45) is 0 Å². The molecule has 2 nitrogen and oxygen atoms in total. The second-order valence-corrected chi connectivity index (χ2v) is 6.72. The Balaban J connectivity index is 1.82. The average Bonchev–Trinajstić information content (AvgIpc) is 3.01. The van der Waals surface area contributed by atoms with E-state index in [9.17, 15) is 5.11 Å². The van der Waals surface area contributed by atoms with Crippen molar-refractivity contribution in [2.45, 2.75) is 46.0 Å². The molecule has 0 saturated carbocycles. The van der Waals surface area contributed by atoms with Gasteiger partial charge in [0.1, 0.15) is 5.75 Å². The average molecular weight is 333 g/mol. The van der Waals surface area contributed by atoms with Gasteiger partial charge < -0.3 is 9.67 Å². The minimum Gasteiger partial charge on any atom is -0.508 e. The summed E-state index contributed by atoms with van der Waals surface area (Å²) in [6, 6.07) is 20.6. The number of phenols is 1. The Hall–Kier alpha value is -2.48. The lowest BCUT2D eigenvalue weighted by molar-refractivity contribution is 0.475. The predicted octanol–water partition coefficient (Wildman–Crippen LogP) is 6.28. The lowest BCUT2D eigenvalue weighted by Gasteiger charge is -2.13. The maximum atomic E-state index is 9.52. The van der Waals surface area contributed by atoms with Crippen LogP contribution in [0.5, 0.6) is 5.75 Å². The van der Waals surface area contributed by atoms with Crippen LogP contribution < -0.4 is 0 Å². The second kappa shape index (κ2) is 8.06. The first-order valence-electron chi connectivity index (χ1n) is 9.26. The van der Waals surface area contributed by atoms with Crippen molar-refractivity contribution in [1.82, 2.24) is 4.57 Å². The van der Waals surface area contributed by atoms with Gasteiger partial charge in [-0.1, -0.05) is 38.3 Å². The van der Waals surface area contributed by atoms with Crippen LogP contribution in [0.3, 0.4) is 0 Å². The highest BCUT2D eigenvalue weighted by Gasteiger charge is 2.09. The minimum absolute atomic E-state index is 0.297. The second-order valence-electron chi connectivity index (χ2n) is 6.72. The highest BCUT2D eigenvalue weighted by Crippen LogP contribution is 2.28. The summed E-state index contributed by atoms with van der Waals surface area (Å²) >= 11 is 0. The third kappa shape index (κ3) is 4.14. The van der Waals surface area contributed by atoms with E-state index in [1.807, 2.05) is 12.1 Å². The predicted molar refractivity (Wildman–Crippen MR) is 105 cm³/mol. The van der Waals surface area contributed by atoms with E-state index >= 15 is 0 Å². The number of benzene rings is 2. The highest BCUT2D eigenvalue weighted by molar-refractivity contribution is 5.65. The molecule has 0 spiro atoms. The lowest BCUT2D eigenvalue weighted by atomic mass is 10.1. The molecular formula is C23H27NO. The number of aromatic hydroxyl groups is 1. The molecule has 0 amide bonds. The van der Waals surface area contributed by atoms with Crippen molar-refractivity contribution in [3.05, 3.63) is 71.9 Å². The molecule has 0 aliphatic carbocycles. The third-order valence-electron chi connectivity index (χ3n) is 4.75. The molecule has 0 unspecified atom stereocenters. The van der Waals surface area contributed by atoms with E-state index in [-0.39, 0.29) is 0 Å². The van der Waals surface area contributed by atoms with Gasteiger partial charge in [0.05, 0.1) is 5.69 Å². The van der Waals surface area contributed by atoms with Gasteiger partial charge in [0.25, 0.3) is 0 Å². The Labute approximate surface area is 150 Å². The van der Waals surface area contributed by atoms with E-state index < -0.39 is 0 Å². The molecule has 0 bridgehead atoms. The summed E-state index contributed by atoms with van der Waals surface area (Å²) in [6.07, 6.45) is 6.37. The molecule has 2 aromatic carbocycles. The molecule has 1 heterocycles. The van der Waals surface area contributed by atoms with E-state index in [0.29, 0.717) is 5.75 Å². The molecule has 0 radical (unpaired) electrons. The molecule has 0 fully saturated rings. The fourth-order valence-corrected chi connectivity index (χ4v) is 3.31. The Morgan fingerprint density at radius 2 is 1.52 bits per heavy atom. The quantitative estimate of drug-likeness (QED) is 0.506. The van der Waals surface area contributed by atoms with Gasteiger partial charge in [-0.05, 0) is 79.4 Å². The first-order chi connectivity index (χ1) is 12.2. The monoisotopic (exact) mass is 333 g/mol. The number of aromatic nitrogens is 1.